The number of amides is 1. The van der Waals surface area contributed by atoms with E-state index in [0.717, 1.165) is 3.57 Å². The van der Waals surface area contributed by atoms with Gasteiger partial charge in [0, 0.05) is 19.2 Å². The molecule has 0 aromatic heterocycles. The van der Waals surface area contributed by atoms with Crippen molar-refractivity contribution in [2.24, 2.45) is 0 Å². The van der Waals surface area contributed by atoms with Gasteiger partial charge in [0.05, 0.1) is 24.4 Å². The van der Waals surface area contributed by atoms with Gasteiger partial charge in [-0.05, 0) is 34.7 Å². The molecule has 0 saturated carbocycles. The maximum absolute atomic E-state index is 11.9. The Labute approximate surface area is 120 Å². The molecule has 1 aromatic carbocycles. The van der Waals surface area contributed by atoms with Gasteiger partial charge in [-0.2, -0.15) is 0 Å². The first-order valence-corrected chi connectivity index (χ1v) is 6.40. The van der Waals surface area contributed by atoms with E-state index < -0.39 is 0 Å². The number of hydrogen-bond donors (Lipinski definition) is 1. The Kier molecular flexibility index (Phi) is 6.20. The number of rotatable bonds is 6. The van der Waals surface area contributed by atoms with Crippen LogP contribution in [0.5, 0.6) is 11.5 Å². The third-order valence-corrected chi connectivity index (χ3v) is 3.09. The average molecular weight is 365 g/mol. The molecule has 1 rings (SSSR count). The summed E-state index contributed by atoms with van der Waals surface area (Å²) in [4.78, 5) is 11.9. The zero-order valence-corrected chi connectivity index (χ0v) is 12.7. The van der Waals surface area contributed by atoms with Crippen molar-refractivity contribution in [1.29, 1.82) is 0 Å². The minimum absolute atomic E-state index is 0.161. The maximum atomic E-state index is 11.9. The zero-order valence-electron chi connectivity index (χ0n) is 10.6. The molecular weight excluding hydrogens is 349 g/mol. The van der Waals surface area contributed by atoms with Crippen LogP contribution >= 0.6 is 22.6 Å². The summed E-state index contributed by atoms with van der Waals surface area (Å²) in [7, 11) is 4.70. The molecule has 1 amide bonds. The topological polar surface area (TPSA) is 56.8 Å². The van der Waals surface area contributed by atoms with Crippen molar-refractivity contribution < 1.29 is 19.0 Å². The molecule has 0 heterocycles. The van der Waals surface area contributed by atoms with Crippen LogP contribution in [0.2, 0.25) is 0 Å². The molecule has 18 heavy (non-hydrogen) atoms. The molecule has 1 N–H and O–H groups in total. The summed E-state index contributed by atoms with van der Waals surface area (Å²) in [6, 6.07) is 3.41. The highest BCUT2D eigenvalue weighted by atomic mass is 127. The molecule has 0 aliphatic carbocycles. The van der Waals surface area contributed by atoms with Crippen LogP contribution in [-0.4, -0.2) is 40.4 Å². The van der Waals surface area contributed by atoms with E-state index in [1.54, 1.807) is 33.5 Å². The SMILES string of the molecule is COCCNC(=O)c1cc(I)c(OC)c(OC)c1. The number of carbonyl (C=O) groups excluding carboxylic acids is 1. The monoisotopic (exact) mass is 365 g/mol. The summed E-state index contributed by atoms with van der Waals surface area (Å²) in [5.74, 6) is 1.01. The van der Waals surface area contributed by atoms with Gasteiger partial charge in [-0.25, -0.2) is 0 Å². The summed E-state index contributed by atoms with van der Waals surface area (Å²) in [6.07, 6.45) is 0. The van der Waals surface area contributed by atoms with E-state index in [0.29, 0.717) is 30.2 Å². The first kappa shape index (κ1) is 15.0. The lowest BCUT2D eigenvalue weighted by atomic mass is 10.2. The normalized spacial score (nSPS) is 10.0. The van der Waals surface area contributed by atoms with E-state index in [2.05, 4.69) is 27.9 Å². The lowest BCUT2D eigenvalue weighted by molar-refractivity contribution is 0.0936. The van der Waals surface area contributed by atoms with Gasteiger partial charge in [0.25, 0.3) is 5.91 Å². The largest absolute Gasteiger partial charge is 0.493 e. The molecule has 0 bridgehead atoms. The predicted molar refractivity (Wildman–Crippen MR) is 76.5 cm³/mol. The molecule has 0 aliphatic rings. The quantitative estimate of drug-likeness (QED) is 0.616. The number of benzene rings is 1. The maximum Gasteiger partial charge on any atom is 0.251 e. The highest BCUT2D eigenvalue weighted by molar-refractivity contribution is 14.1. The number of nitrogens with one attached hydrogen (secondary N) is 1. The highest BCUT2D eigenvalue weighted by Crippen LogP contribution is 2.33. The lowest BCUT2D eigenvalue weighted by Gasteiger charge is -2.12. The van der Waals surface area contributed by atoms with Gasteiger partial charge in [0.2, 0.25) is 0 Å². The number of methoxy groups -OCH3 is 3. The average Bonchev–Trinajstić information content (AvgIpc) is 2.37. The van der Waals surface area contributed by atoms with E-state index in [4.69, 9.17) is 14.2 Å². The fourth-order valence-electron chi connectivity index (χ4n) is 1.42. The van der Waals surface area contributed by atoms with E-state index in [-0.39, 0.29) is 5.91 Å². The fraction of sp³-hybridized carbons (Fsp3) is 0.417. The minimum Gasteiger partial charge on any atom is -0.493 e. The van der Waals surface area contributed by atoms with Gasteiger partial charge in [-0.1, -0.05) is 0 Å². The lowest BCUT2D eigenvalue weighted by Crippen LogP contribution is -2.27. The van der Waals surface area contributed by atoms with E-state index in [1.807, 2.05) is 0 Å². The molecule has 0 aliphatic heterocycles. The molecule has 100 valence electrons. The van der Waals surface area contributed by atoms with Crippen LogP contribution in [0.25, 0.3) is 0 Å². The van der Waals surface area contributed by atoms with Gasteiger partial charge in [0.1, 0.15) is 0 Å². The predicted octanol–water partition coefficient (Wildman–Crippen LogP) is 1.68. The smallest absolute Gasteiger partial charge is 0.251 e. The van der Waals surface area contributed by atoms with Crippen molar-refractivity contribution in [2.45, 2.75) is 0 Å². The molecular formula is C12H16INO4. The third-order valence-electron chi connectivity index (χ3n) is 2.29. The molecule has 6 heteroatoms. The van der Waals surface area contributed by atoms with Crippen LogP contribution in [0.15, 0.2) is 12.1 Å². The minimum atomic E-state index is -0.161. The molecule has 5 nitrogen and oxygen atoms in total. The Hall–Kier alpha value is -1.02. The van der Waals surface area contributed by atoms with Crippen LogP contribution in [0.4, 0.5) is 0 Å². The van der Waals surface area contributed by atoms with Crippen molar-refractivity contribution in [1.82, 2.24) is 5.32 Å². The van der Waals surface area contributed by atoms with Crippen molar-refractivity contribution in [3.63, 3.8) is 0 Å². The van der Waals surface area contributed by atoms with Crippen LogP contribution in [-0.2, 0) is 4.74 Å². The number of ether oxygens (including phenoxy) is 3. The molecule has 0 spiro atoms. The second-order valence-electron chi connectivity index (χ2n) is 3.44. The Morgan fingerprint density at radius 2 is 2.00 bits per heavy atom. The summed E-state index contributed by atoms with van der Waals surface area (Å²) in [5, 5.41) is 2.75. The fourth-order valence-corrected chi connectivity index (χ4v) is 2.24. The summed E-state index contributed by atoms with van der Waals surface area (Å²) in [5.41, 5.74) is 0.535. The number of halogens is 1. The summed E-state index contributed by atoms with van der Waals surface area (Å²) >= 11 is 2.10. The molecule has 1 aromatic rings. The molecule has 0 unspecified atom stereocenters. The van der Waals surface area contributed by atoms with E-state index in [1.165, 1.54) is 0 Å². The Balaban J connectivity index is 2.90. The highest BCUT2D eigenvalue weighted by Gasteiger charge is 2.14. The first-order valence-electron chi connectivity index (χ1n) is 5.32. The summed E-state index contributed by atoms with van der Waals surface area (Å²) < 4.78 is 16.1. The Bertz CT molecular complexity index is 423. The van der Waals surface area contributed by atoms with Crippen molar-refractivity contribution in [2.75, 3.05) is 34.5 Å². The van der Waals surface area contributed by atoms with Gasteiger partial charge in [-0.3, -0.25) is 4.79 Å². The third kappa shape index (κ3) is 3.74. The zero-order chi connectivity index (χ0) is 13.5. The Morgan fingerprint density at radius 1 is 1.28 bits per heavy atom. The van der Waals surface area contributed by atoms with Gasteiger partial charge in [0.15, 0.2) is 11.5 Å². The molecule has 0 fully saturated rings. The molecule has 0 saturated heterocycles. The standard InChI is InChI=1S/C12H16INO4/c1-16-5-4-14-12(15)8-6-9(13)11(18-3)10(7-8)17-2/h6-7H,4-5H2,1-3H3,(H,14,15). The molecule has 0 atom stereocenters. The van der Waals surface area contributed by atoms with Crippen LogP contribution in [0.3, 0.4) is 0 Å². The van der Waals surface area contributed by atoms with Gasteiger partial charge < -0.3 is 19.5 Å². The number of carbonyl (C=O) groups is 1. The second-order valence-corrected chi connectivity index (χ2v) is 4.60. The van der Waals surface area contributed by atoms with Crippen molar-refractivity contribution in [3.8, 4) is 11.5 Å². The summed E-state index contributed by atoms with van der Waals surface area (Å²) in [6.45, 7) is 0.955. The van der Waals surface area contributed by atoms with Gasteiger partial charge >= 0.3 is 0 Å². The Morgan fingerprint density at radius 3 is 2.56 bits per heavy atom. The van der Waals surface area contributed by atoms with Crippen LogP contribution in [0, 0.1) is 3.57 Å². The first-order chi connectivity index (χ1) is 8.63. The van der Waals surface area contributed by atoms with E-state index >= 15 is 0 Å². The van der Waals surface area contributed by atoms with Crippen LogP contribution < -0.4 is 14.8 Å². The number of hydrogen-bond acceptors (Lipinski definition) is 4. The van der Waals surface area contributed by atoms with Crippen molar-refractivity contribution >= 4 is 28.5 Å². The van der Waals surface area contributed by atoms with Crippen molar-refractivity contribution in [3.05, 3.63) is 21.3 Å². The second kappa shape index (κ2) is 7.42. The van der Waals surface area contributed by atoms with Crippen LogP contribution in [0.1, 0.15) is 10.4 Å². The molecule has 0 radical (unpaired) electrons. The van der Waals surface area contributed by atoms with E-state index in [9.17, 15) is 4.79 Å². The van der Waals surface area contributed by atoms with Gasteiger partial charge in [-0.15, -0.1) is 0 Å².